The summed E-state index contributed by atoms with van der Waals surface area (Å²) in [5, 5.41) is 0. The highest BCUT2D eigenvalue weighted by Crippen LogP contribution is 2.33. The summed E-state index contributed by atoms with van der Waals surface area (Å²) in [4.78, 5) is 14.6. The Morgan fingerprint density at radius 1 is 1.03 bits per heavy atom. The van der Waals surface area contributed by atoms with Crippen LogP contribution in [0.25, 0.3) is 17.2 Å². The van der Waals surface area contributed by atoms with Crippen LogP contribution in [0.2, 0.25) is 0 Å². The molecule has 1 aliphatic heterocycles. The molecule has 178 valence electrons. The van der Waals surface area contributed by atoms with Crippen molar-refractivity contribution in [1.82, 2.24) is 0 Å². The van der Waals surface area contributed by atoms with Crippen molar-refractivity contribution in [1.29, 1.82) is 0 Å². The Hall–Kier alpha value is -2.79. The van der Waals surface area contributed by atoms with Crippen LogP contribution in [0.4, 0.5) is 5.69 Å². The second-order valence-corrected chi connectivity index (χ2v) is 8.86. The van der Waals surface area contributed by atoms with E-state index in [4.69, 9.17) is 14.2 Å². The van der Waals surface area contributed by atoms with Gasteiger partial charge in [0, 0.05) is 31.0 Å². The third kappa shape index (κ3) is 7.10. The van der Waals surface area contributed by atoms with Gasteiger partial charge in [0.15, 0.2) is 0 Å². The van der Waals surface area contributed by atoms with E-state index in [-0.39, 0.29) is 5.97 Å². The minimum atomic E-state index is -0.252. The zero-order valence-corrected chi connectivity index (χ0v) is 20.4. The molecule has 0 saturated heterocycles. The minimum Gasteiger partial charge on any atom is -0.491 e. The number of fused-ring (bicyclic) bond motifs is 1. The monoisotopic (exact) mass is 451 g/mol. The molecule has 33 heavy (non-hydrogen) atoms. The Bertz CT molecular complexity index is 933. The maximum atomic E-state index is 12.3. The van der Waals surface area contributed by atoms with Crippen LogP contribution < -0.4 is 9.64 Å². The van der Waals surface area contributed by atoms with Gasteiger partial charge >= 0.3 is 5.97 Å². The lowest BCUT2D eigenvalue weighted by atomic mass is 10.00. The summed E-state index contributed by atoms with van der Waals surface area (Å²) in [5.41, 5.74) is 5.14. The Balaban J connectivity index is 1.76. The van der Waals surface area contributed by atoms with Crippen LogP contribution in [-0.4, -0.2) is 46.0 Å². The van der Waals surface area contributed by atoms with Gasteiger partial charge in [-0.3, -0.25) is 0 Å². The van der Waals surface area contributed by atoms with E-state index in [1.165, 1.54) is 7.11 Å². The van der Waals surface area contributed by atoms with E-state index in [9.17, 15) is 4.79 Å². The standard InChI is InChI=1S/C28H37NO4/c1-5-6-15-32-16-17-33-26-10-7-22(8-11-26)23-9-12-27-25(18-23)19-24(28(30)31-4)13-14-29(27)20-21(2)3/h7-12,18-19,21H,5-6,13-17,20H2,1-4H3. The number of nitrogens with zero attached hydrogens (tertiary/aromatic N) is 1. The fourth-order valence-electron chi connectivity index (χ4n) is 4.01. The largest absolute Gasteiger partial charge is 0.491 e. The summed E-state index contributed by atoms with van der Waals surface area (Å²) in [7, 11) is 1.44. The average Bonchev–Trinajstić information content (AvgIpc) is 3.00. The number of rotatable bonds is 11. The van der Waals surface area contributed by atoms with Crippen molar-refractivity contribution in [2.75, 3.05) is 44.9 Å². The van der Waals surface area contributed by atoms with Crippen molar-refractivity contribution in [2.24, 2.45) is 5.92 Å². The SMILES string of the molecule is CCCCOCCOc1ccc(-c2ccc3c(c2)C=C(C(=O)OC)CCN3CC(C)C)cc1. The first-order valence-corrected chi connectivity index (χ1v) is 12.0. The van der Waals surface area contributed by atoms with E-state index in [1.54, 1.807) is 0 Å². The molecular formula is C28H37NO4. The van der Waals surface area contributed by atoms with Crippen molar-refractivity contribution >= 4 is 17.7 Å². The maximum Gasteiger partial charge on any atom is 0.333 e. The third-order valence-electron chi connectivity index (χ3n) is 5.71. The van der Waals surface area contributed by atoms with Gasteiger partial charge in [0.1, 0.15) is 12.4 Å². The van der Waals surface area contributed by atoms with Gasteiger partial charge in [0.05, 0.1) is 13.7 Å². The first-order valence-electron chi connectivity index (χ1n) is 12.0. The molecule has 1 heterocycles. The molecule has 2 aromatic rings. The molecule has 0 amide bonds. The molecular weight excluding hydrogens is 414 g/mol. The molecule has 0 spiro atoms. The number of carbonyl (C=O) groups is 1. The van der Waals surface area contributed by atoms with E-state index in [2.05, 4.69) is 56.0 Å². The molecule has 0 radical (unpaired) electrons. The molecule has 3 rings (SSSR count). The van der Waals surface area contributed by atoms with E-state index in [0.717, 1.165) is 60.7 Å². The highest BCUT2D eigenvalue weighted by molar-refractivity contribution is 5.96. The highest BCUT2D eigenvalue weighted by atomic mass is 16.5. The van der Waals surface area contributed by atoms with Gasteiger partial charge in [-0.1, -0.05) is 45.4 Å². The number of benzene rings is 2. The molecule has 0 unspecified atom stereocenters. The van der Waals surface area contributed by atoms with Crippen molar-refractivity contribution in [3.05, 3.63) is 53.6 Å². The van der Waals surface area contributed by atoms with Gasteiger partial charge < -0.3 is 19.1 Å². The number of esters is 1. The Kier molecular flexibility index (Phi) is 9.37. The Morgan fingerprint density at radius 2 is 1.79 bits per heavy atom. The van der Waals surface area contributed by atoms with Gasteiger partial charge in [-0.05, 0) is 65.8 Å². The highest BCUT2D eigenvalue weighted by Gasteiger charge is 2.21. The Labute approximate surface area is 198 Å². The van der Waals surface area contributed by atoms with Gasteiger partial charge in [-0.25, -0.2) is 4.79 Å². The minimum absolute atomic E-state index is 0.252. The molecule has 0 bridgehead atoms. The zero-order chi connectivity index (χ0) is 23.6. The number of methoxy groups -OCH3 is 1. The topological polar surface area (TPSA) is 48.0 Å². The summed E-state index contributed by atoms with van der Waals surface area (Å²) in [6.45, 7) is 10.3. The number of ether oxygens (including phenoxy) is 3. The molecule has 2 aromatic carbocycles. The molecule has 5 nitrogen and oxygen atoms in total. The van der Waals surface area contributed by atoms with Gasteiger partial charge in [-0.15, -0.1) is 0 Å². The summed E-state index contributed by atoms with van der Waals surface area (Å²) >= 11 is 0. The molecule has 0 fully saturated rings. The lowest BCUT2D eigenvalue weighted by molar-refractivity contribution is -0.136. The first-order chi connectivity index (χ1) is 16.0. The summed E-state index contributed by atoms with van der Waals surface area (Å²) in [6, 6.07) is 14.6. The van der Waals surface area contributed by atoms with Crippen LogP contribution in [0.1, 0.15) is 45.6 Å². The fraction of sp³-hybridized carbons (Fsp3) is 0.464. The molecule has 0 atom stereocenters. The van der Waals surface area contributed by atoms with Gasteiger partial charge in [0.25, 0.3) is 0 Å². The van der Waals surface area contributed by atoms with Gasteiger partial charge in [-0.2, -0.15) is 0 Å². The number of carbonyl (C=O) groups excluding carboxylic acids is 1. The molecule has 0 aromatic heterocycles. The lowest BCUT2D eigenvalue weighted by Gasteiger charge is -2.27. The molecule has 0 aliphatic carbocycles. The normalized spacial score (nSPS) is 13.4. The van der Waals surface area contributed by atoms with Crippen molar-refractivity contribution in [3.63, 3.8) is 0 Å². The number of unbranched alkanes of at least 4 members (excludes halogenated alkanes) is 1. The predicted molar refractivity (Wildman–Crippen MR) is 135 cm³/mol. The molecule has 1 aliphatic rings. The van der Waals surface area contributed by atoms with Crippen molar-refractivity contribution < 1.29 is 19.0 Å². The first kappa shape index (κ1) is 24.8. The maximum absolute atomic E-state index is 12.3. The van der Waals surface area contributed by atoms with E-state index >= 15 is 0 Å². The van der Waals surface area contributed by atoms with E-state index in [1.807, 2.05) is 18.2 Å². The molecule has 0 saturated carbocycles. The molecule has 5 heteroatoms. The predicted octanol–water partition coefficient (Wildman–Crippen LogP) is 5.97. The second kappa shape index (κ2) is 12.4. The number of hydrogen-bond donors (Lipinski definition) is 0. The van der Waals surface area contributed by atoms with Crippen molar-refractivity contribution in [2.45, 2.75) is 40.0 Å². The van der Waals surface area contributed by atoms with Crippen LogP contribution in [0.15, 0.2) is 48.0 Å². The third-order valence-corrected chi connectivity index (χ3v) is 5.71. The summed E-state index contributed by atoms with van der Waals surface area (Å²) in [6.07, 6.45) is 4.89. The lowest BCUT2D eigenvalue weighted by Crippen LogP contribution is -2.29. The van der Waals surface area contributed by atoms with Crippen LogP contribution in [-0.2, 0) is 14.3 Å². The van der Waals surface area contributed by atoms with Crippen molar-refractivity contribution in [3.8, 4) is 16.9 Å². The number of anilines is 1. The van der Waals surface area contributed by atoms with E-state index < -0.39 is 0 Å². The summed E-state index contributed by atoms with van der Waals surface area (Å²) < 4.78 is 16.4. The van der Waals surface area contributed by atoms with E-state index in [0.29, 0.717) is 31.1 Å². The Morgan fingerprint density at radius 3 is 2.48 bits per heavy atom. The smallest absolute Gasteiger partial charge is 0.333 e. The summed E-state index contributed by atoms with van der Waals surface area (Å²) in [5.74, 6) is 1.11. The second-order valence-electron chi connectivity index (χ2n) is 8.86. The number of hydrogen-bond acceptors (Lipinski definition) is 5. The van der Waals surface area contributed by atoms with Crippen LogP contribution in [0.5, 0.6) is 5.75 Å². The van der Waals surface area contributed by atoms with Gasteiger partial charge in [0.2, 0.25) is 0 Å². The quantitative estimate of drug-likeness (QED) is 0.311. The fourth-order valence-corrected chi connectivity index (χ4v) is 4.01. The average molecular weight is 452 g/mol. The van der Waals surface area contributed by atoms with Crippen LogP contribution in [0, 0.1) is 5.92 Å². The zero-order valence-electron chi connectivity index (χ0n) is 20.4. The van der Waals surface area contributed by atoms with Crippen LogP contribution >= 0.6 is 0 Å². The van der Waals surface area contributed by atoms with Crippen LogP contribution in [0.3, 0.4) is 0 Å². The molecule has 0 N–H and O–H groups in total.